The fraction of sp³-hybridized carbons (Fsp3) is 0.333. The lowest BCUT2D eigenvalue weighted by molar-refractivity contribution is -0.141. The van der Waals surface area contributed by atoms with Crippen LogP contribution in [0.5, 0.6) is 5.75 Å². The van der Waals surface area contributed by atoms with Crippen LogP contribution in [0.2, 0.25) is 0 Å². The van der Waals surface area contributed by atoms with Crippen molar-refractivity contribution in [2.75, 3.05) is 7.11 Å². The van der Waals surface area contributed by atoms with E-state index in [1.54, 1.807) is 25.3 Å². The van der Waals surface area contributed by atoms with E-state index in [9.17, 15) is 9.59 Å². The Labute approximate surface area is 113 Å². The SMILES string of the molecule is COc1ccc(Br)c(CC(=O)N[C@@H](C)C(=O)O)c1. The van der Waals surface area contributed by atoms with Crippen molar-refractivity contribution in [1.29, 1.82) is 0 Å². The normalized spacial score (nSPS) is 11.7. The van der Waals surface area contributed by atoms with E-state index in [4.69, 9.17) is 9.84 Å². The van der Waals surface area contributed by atoms with Gasteiger partial charge < -0.3 is 15.2 Å². The van der Waals surface area contributed by atoms with Crippen molar-refractivity contribution in [1.82, 2.24) is 5.32 Å². The molecule has 0 aliphatic heterocycles. The molecule has 1 amide bonds. The minimum Gasteiger partial charge on any atom is -0.497 e. The van der Waals surface area contributed by atoms with Crippen LogP contribution in [0, 0.1) is 0 Å². The van der Waals surface area contributed by atoms with Gasteiger partial charge in [0.05, 0.1) is 13.5 Å². The molecule has 2 N–H and O–H groups in total. The zero-order chi connectivity index (χ0) is 13.7. The molecule has 5 nitrogen and oxygen atoms in total. The first-order valence-corrected chi connectivity index (χ1v) is 6.08. The number of rotatable bonds is 5. The van der Waals surface area contributed by atoms with Gasteiger partial charge in [0.2, 0.25) is 5.91 Å². The van der Waals surface area contributed by atoms with E-state index in [0.29, 0.717) is 5.75 Å². The summed E-state index contributed by atoms with van der Waals surface area (Å²) in [7, 11) is 1.54. The molecule has 0 fully saturated rings. The molecule has 0 spiro atoms. The molecule has 0 aromatic heterocycles. The van der Waals surface area contributed by atoms with Crippen LogP contribution in [-0.2, 0) is 16.0 Å². The summed E-state index contributed by atoms with van der Waals surface area (Å²) >= 11 is 3.33. The van der Waals surface area contributed by atoms with Gasteiger partial charge in [-0.3, -0.25) is 9.59 Å². The molecule has 0 unspecified atom stereocenters. The largest absolute Gasteiger partial charge is 0.497 e. The number of nitrogens with one attached hydrogen (secondary N) is 1. The Morgan fingerprint density at radius 2 is 2.17 bits per heavy atom. The zero-order valence-corrected chi connectivity index (χ0v) is 11.7. The van der Waals surface area contributed by atoms with E-state index in [0.717, 1.165) is 10.0 Å². The van der Waals surface area contributed by atoms with Crippen LogP contribution in [0.3, 0.4) is 0 Å². The average molecular weight is 316 g/mol. The molecular weight excluding hydrogens is 302 g/mol. The maximum atomic E-state index is 11.6. The third-order valence-corrected chi connectivity index (χ3v) is 3.13. The van der Waals surface area contributed by atoms with E-state index in [1.807, 2.05) is 0 Å². The molecule has 0 saturated carbocycles. The lowest BCUT2D eigenvalue weighted by atomic mass is 10.1. The molecule has 18 heavy (non-hydrogen) atoms. The average Bonchev–Trinajstić information content (AvgIpc) is 2.31. The third-order valence-electron chi connectivity index (χ3n) is 2.35. The zero-order valence-electron chi connectivity index (χ0n) is 10.1. The molecule has 0 aliphatic rings. The molecule has 0 saturated heterocycles. The van der Waals surface area contributed by atoms with E-state index in [-0.39, 0.29) is 12.3 Å². The second kappa shape index (κ2) is 6.39. The summed E-state index contributed by atoms with van der Waals surface area (Å²) in [5.74, 6) is -0.765. The van der Waals surface area contributed by atoms with Gasteiger partial charge in [0.1, 0.15) is 11.8 Å². The lowest BCUT2D eigenvalue weighted by Crippen LogP contribution is -2.39. The predicted molar refractivity (Wildman–Crippen MR) is 69.6 cm³/mol. The van der Waals surface area contributed by atoms with Gasteiger partial charge in [-0.15, -0.1) is 0 Å². The number of halogens is 1. The van der Waals surface area contributed by atoms with Crippen molar-refractivity contribution in [3.05, 3.63) is 28.2 Å². The molecule has 0 bridgehead atoms. The van der Waals surface area contributed by atoms with Gasteiger partial charge in [0, 0.05) is 4.47 Å². The minimum atomic E-state index is -1.06. The van der Waals surface area contributed by atoms with Crippen LogP contribution < -0.4 is 10.1 Å². The van der Waals surface area contributed by atoms with Gasteiger partial charge in [-0.05, 0) is 30.7 Å². The summed E-state index contributed by atoms with van der Waals surface area (Å²) in [6, 6.07) is 4.38. The van der Waals surface area contributed by atoms with E-state index in [1.165, 1.54) is 6.92 Å². The van der Waals surface area contributed by atoms with Crippen molar-refractivity contribution in [2.45, 2.75) is 19.4 Å². The standard InChI is InChI=1S/C12H14BrNO4/c1-7(12(16)17)14-11(15)6-8-5-9(18-2)3-4-10(8)13/h3-5,7H,6H2,1-2H3,(H,14,15)(H,16,17)/t7-/m0/s1. The van der Waals surface area contributed by atoms with E-state index >= 15 is 0 Å². The maximum Gasteiger partial charge on any atom is 0.325 e. The molecule has 0 radical (unpaired) electrons. The molecule has 1 aromatic rings. The van der Waals surface area contributed by atoms with Gasteiger partial charge in [0.25, 0.3) is 0 Å². The summed E-state index contributed by atoms with van der Waals surface area (Å²) in [5, 5.41) is 11.1. The number of ether oxygens (including phenoxy) is 1. The van der Waals surface area contributed by atoms with Crippen LogP contribution in [0.25, 0.3) is 0 Å². The Morgan fingerprint density at radius 1 is 1.50 bits per heavy atom. The minimum absolute atomic E-state index is 0.0927. The summed E-state index contributed by atoms with van der Waals surface area (Å²) < 4.78 is 5.84. The Hall–Kier alpha value is -1.56. The monoisotopic (exact) mass is 315 g/mol. The molecule has 6 heteroatoms. The van der Waals surface area contributed by atoms with E-state index < -0.39 is 12.0 Å². The van der Waals surface area contributed by atoms with Crippen molar-refractivity contribution in [2.24, 2.45) is 0 Å². The summed E-state index contributed by atoms with van der Waals surface area (Å²) in [5.41, 5.74) is 0.740. The summed E-state index contributed by atoms with van der Waals surface area (Å²) in [4.78, 5) is 22.3. The molecule has 0 heterocycles. The van der Waals surface area contributed by atoms with Crippen molar-refractivity contribution >= 4 is 27.8 Å². The quantitative estimate of drug-likeness (QED) is 0.865. The van der Waals surface area contributed by atoms with Crippen LogP contribution in [0.15, 0.2) is 22.7 Å². The number of amides is 1. The highest BCUT2D eigenvalue weighted by molar-refractivity contribution is 9.10. The molecule has 0 aliphatic carbocycles. The lowest BCUT2D eigenvalue weighted by Gasteiger charge is -2.10. The number of benzene rings is 1. The fourth-order valence-electron chi connectivity index (χ4n) is 1.34. The number of carbonyl (C=O) groups excluding carboxylic acids is 1. The van der Waals surface area contributed by atoms with Crippen molar-refractivity contribution < 1.29 is 19.4 Å². The van der Waals surface area contributed by atoms with Gasteiger partial charge in [-0.25, -0.2) is 0 Å². The third kappa shape index (κ3) is 4.03. The number of aliphatic carboxylic acids is 1. The number of carboxylic acid groups (broad SMARTS) is 1. The van der Waals surface area contributed by atoms with Crippen LogP contribution in [-0.4, -0.2) is 30.1 Å². The summed E-state index contributed by atoms with van der Waals surface area (Å²) in [6.07, 6.45) is 0.0927. The highest BCUT2D eigenvalue weighted by Gasteiger charge is 2.15. The topological polar surface area (TPSA) is 75.6 Å². The highest BCUT2D eigenvalue weighted by atomic mass is 79.9. The first-order chi connectivity index (χ1) is 8.43. The maximum absolute atomic E-state index is 11.6. The Morgan fingerprint density at radius 3 is 2.72 bits per heavy atom. The van der Waals surface area contributed by atoms with E-state index in [2.05, 4.69) is 21.2 Å². The number of methoxy groups -OCH3 is 1. The number of hydrogen-bond donors (Lipinski definition) is 2. The van der Waals surface area contributed by atoms with Crippen LogP contribution in [0.4, 0.5) is 0 Å². The second-order valence-electron chi connectivity index (χ2n) is 3.76. The van der Waals surface area contributed by atoms with Gasteiger partial charge in [-0.2, -0.15) is 0 Å². The molecule has 1 aromatic carbocycles. The van der Waals surface area contributed by atoms with Crippen molar-refractivity contribution in [3.8, 4) is 5.75 Å². The van der Waals surface area contributed by atoms with Crippen LogP contribution in [0.1, 0.15) is 12.5 Å². The van der Waals surface area contributed by atoms with Crippen LogP contribution >= 0.6 is 15.9 Å². The highest BCUT2D eigenvalue weighted by Crippen LogP contribution is 2.22. The Bertz CT molecular complexity index is 461. The summed E-state index contributed by atoms with van der Waals surface area (Å²) in [6.45, 7) is 1.42. The Balaban J connectivity index is 2.72. The smallest absolute Gasteiger partial charge is 0.325 e. The number of carbonyl (C=O) groups is 2. The fourth-order valence-corrected chi connectivity index (χ4v) is 1.73. The number of carboxylic acids is 1. The molecule has 1 rings (SSSR count). The first-order valence-electron chi connectivity index (χ1n) is 5.28. The first kappa shape index (κ1) is 14.5. The number of hydrogen-bond acceptors (Lipinski definition) is 3. The van der Waals surface area contributed by atoms with Gasteiger partial charge in [0.15, 0.2) is 0 Å². The van der Waals surface area contributed by atoms with Gasteiger partial charge in [-0.1, -0.05) is 15.9 Å². The molecule has 98 valence electrons. The Kier molecular flexibility index (Phi) is 5.15. The van der Waals surface area contributed by atoms with Gasteiger partial charge >= 0.3 is 5.97 Å². The molecule has 1 atom stereocenters. The second-order valence-corrected chi connectivity index (χ2v) is 4.62. The van der Waals surface area contributed by atoms with Crippen molar-refractivity contribution in [3.63, 3.8) is 0 Å². The predicted octanol–water partition coefficient (Wildman–Crippen LogP) is 1.59. The molecular formula is C12H14BrNO4.